The minimum absolute atomic E-state index is 0.618. The number of halogens is 1. The summed E-state index contributed by atoms with van der Waals surface area (Å²) in [6.45, 7) is 0. The standard InChI is InChI=1S/C11H8BrN5/c12-7-3-9-11(15-4-7)10(1-2-14-9)17-6-8(13)5-16-17/h1-6H,13H2. The highest BCUT2D eigenvalue weighted by Gasteiger charge is 2.06. The van der Waals surface area contributed by atoms with Crippen molar-refractivity contribution in [3.8, 4) is 5.69 Å². The van der Waals surface area contributed by atoms with Crippen LogP contribution in [0.15, 0.2) is 41.4 Å². The third-order valence-corrected chi connectivity index (χ3v) is 2.81. The van der Waals surface area contributed by atoms with Crippen molar-refractivity contribution < 1.29 is 0 Å². The second-order valence-corrected chi connectivity index (χ2v) is 4.49. The van der Waals surface area contributed by atoms with E-state index in [0.717, 1.165) is 21.2 Å². The molecule has 0 radical (unpaired) electrons. The van der Waals surface area contributed by atoms with Crippen LogP contribution in [0.25, 0.3) is 16.7 Å². The fourth-order valence-electron chi connectivity index (χ4n) is 1.64. The van der Waals surface area contributed by atoms with Crippen LogP contribution in [0.3, 0.4) is 0 Å². The van der Waals surface area contributed by atoms with E-state index < -0.39 is 0 Å². The van der Waals surface area contributed by atoms with Crippen molar-refractivity contribution in [3.63, 3.8) is 0 Å². The van der Waals surface area contributed by atoms with Gasteiger partial charge in [-0.05, 0) is 28.1 Å². The van der Waals surface area contributed by atoms with Crippen molar-refractivity contribution in [1.29, 1.82) is 0 Å². The second kappa shape index (κ2) is 3.81. The highest BCUT2D eigenvalue weighted by Crippen LogP contribution is 2.21. The van der Waals surface area contributed by atoms with Crippen LogP contribution in [0.1, 0.15) is 0 Å². The van der Waals surface area contributed by atoms with Gasteiger partial charge in [-0.25, -0.2) is 4.68 Å². The molecule has 3 aromatic rings. The molecule has 2 N–H and O–H groups in total. The van der Waals surface area contributed by atoms with Gasteiger partial charge in [0.05, 0.1) is 29.3 Å². The van der Waals surface area contributed by atoms with Crippen LogP contribution in [0.2, 0.25) is 0 Å². The first-order chi connectivity index (χ1) is 8.24. The zero-order valence-corrected chi connectivity index (χ0v) is 10.3. The van der Waals surface area contributed by atoms with Gasteiger partial charge in [-0.1, -0.05) is 0 Å². The maximum absolute atomic E-state index is 5.66. The molecular weight excluding hydrogens is 282 g/mol. The zero-order chi connectivity index (χ0) is 11.8. The van der Waals surface area contributed by atoms with E-state index in [9.17, 15) is 0 Å². The topological polar surface area (TPSA) is 69.6 Å². The summed E-state index contributed by atoms with van der Waals surface area (Å²) in [5.74, 6) is 0. The highest BCUT2D eigenvalue weighted by molar-refractivity contribution is 9.10. The Hall–Kier alpha value is -1.95. The van der Waals surface area contributed by atoms with Gasteiger partial charge in [0.1, 0.15) is 5.52 Å². The molecule has 3 aromatic heterocycles. The van der Waals surface area contributed by atoms with Gasteiger partial charge in [0.25, 0.3) is 0 Å². The Labute approximate surface area is 105 Å². The number of fused-ring (bicyclic) bond motifs is 1. The Morgan fingerprint density at radius 2 is 2.12 bits per heavy atom. The van der Waals surface area contributed by atoms with Gasteiger partial charge in [0.15, 0.2) is 0 Å². The SMILES string of the molecule is Nc1cnn(-c2ccnc3cc(Br)cnc23)c1. The molecular formula is C11H8BrN5. The monoisotopic (exact) mass is 289 g/mol. The molecule has 0 saturated heterocycles. The molecule has 0 aromatic carbocycles. The number of pyridine rings is 2. The smallest absolute Gasteiger partial charge is 0.114 e. The van der Waals surface area contributed by atoms with Gasteiger partial charge in [-0.15, -0.1) is 0 Å². The molecule has 6 heteroatoms. The fourth-order valence-corrected chi connectivity index (χ4v) is 1.96. The lowest BCUT2D eigenvalue weighted by atomic mass is 10.3. The summed E-state index contributed by atoms with van der Waals surface area (Å²) in [5, 5.41) is 4.17. The number of nitrogens with two attached hydrogens (primary N) is 1. The molecule has 0 amide bonds. The summed E-state index contributed by atoms with van der Waals surface area (Å²) in [5.41, 5.74) is 8.74. The molecule has 0 aliphatic heterocycles. The maximum Gasteiger partial charge on any atom is 0.114 e. The van der Waals surface area contributed by atoms with E-state index in [1.54, 1.807) is 29.5 Å². The Balaban J connectivity index is 2.30. The Kier molecular flexibility index (Phi) is 2.29. The molecule has 0 saturated carbocycles. The number of nitrogen functional groups attached to an aromatic ring is 1. The molecule has 0 aliphatic carbocycles. The zero-order valence-electron chi connectivity index (χ0n) is 8.71. The lowest BCUT2D eigenvalue weighted by Crippen LogP contribution is -1.98. The highest BCUT2D eigenvalue weighted by atomic mass is 79.9. The number of rotatable bonds is 1. The predicted octanol–water partition coefficient (Wildman–Crippen LogP) is 2.16. The number of aromatic nitrogens is 4. The quantitative estimate of drug-likeness (QED) is 0.745. The van der Waals surface area contributed by atoms with Gasteiger partial charge in [0, 0.05) is 16.9 Å². The number of anilines is 1. The summed E-state index contributed by atoms with van der Waals surface area (Å²) < 4.78 is 2.59. The average Bonchev–Trinajstić information content (AvgIpc) is 2.74. The lowest BCUT2D eigenvalue weighted by Gasteiger charge is -2.04. The van der Waals surface area contributed by atoms with E-state index in [-0.39, 0.29) is 0 Å². The number of nitrogens with zero attached hydrogens (tertiary/aromatic N) is 4. The Morgan fingerprint density at radius 3 is 2.88 bits per heavy atom. The summed E-state index contributed by atoms with van der Waals surface area (Å²) in [7, 11) is 0. The van der Waals surface area contributed by atoms with Crippen LogP contribution < -0.4 is 5.73 Å². The van der Waals surface area contributed by atoms with E-state index in [2.05, 4.69) is 31.0 Å². The molecule has 0 atom stereocenters. The van der Waals surface area contributed by atoms with Crippen molar-refractivity contribution in [2.45, 2.75) is 0 Å². The molecule has 0 aliphatic rings. The van der Waals surface area contributed by atoms with Gasteiger partial charge in [-0.2, -0.15) is 5.10 Å². The molecule has 3 heterocycles. The van der Waals surface area contributed by atoms with E-state index in [4.69, 9.17) is 5.73 Å². The third kappa shape index (κ3) is 1.76. The molecule has 5 nitrogen and oxygen atoms in total. The minimum Gasteiger partial charge on any atom is -0.396 e. The van der Waals surface area contributed by atoms with Crippen molar-refractivity contribution in [1.82, 2.24) is 19.7 Å². The maximum atomic E-state index is 5.66. The van der Waals surface area contributed by atoms with Gasteiger partial charge in [-0.3, -0.25) is 9.97 Å². The van der Waals surface area contributed by atoms with Crippen molar-refractivity contribution in [3.05, 3.63) is 41.4 Å². The fraction of sp³-hybridized carbons (Fsp3) is 0. The average molecular weight is 290 g/mol. The Morgan fingerprint density at radius 1 is 1.24 bits per heavy atom. The Bertz CT molecular complexity index is 691. The summed E-state index contributed by atoms with van der Waals surface area (Å²) in [6, 6.07) is 3.77. The summed E-state index contributed by atoms with van der Waals surface area (Å²) in [4.78, 5) is 8.63. The van der Waals surface area contributed by atoms with Crippen molar-refractivity contribution in [2.75, 3.05) is 5.73 Å². The molecule has 0 bridgehead atoms. The molecule has 0 fully saturated rings. The van der Waals surface area contributed by atoms with Gasteiger partial charge >= 0.3 is 0 Å². The number of hydrogen-bond acceptors (Lipinski definition) is 4. The van der Waals surface area contributed by atoms with E-state index in [1.807, 2.05) is 12.1 Å². The minimum atomic E-state index is 0.618. The molecule has 17 heavy (non-hydrogen) atoms. The van der Waals surface area contributed by atoms with Crippen molar-refractivity contribution in [2.24, 2.45) is 0 Å². The van der Waals surface area contributed by atoms with Crippen molar-refractivity contribution >= 4 is 32.7 Å². The first-order valence-corrected chi connectivity index (χ1v) is 5.74. The summed E-state index contributed by atoms with van der Waals surface area (Å²) in [6.07, 6.45) is 6.81. The first kappa shape index (κ1) is 10.2. The van der Waals surface area contributed by atoms with Crippen LogP contribution in [0.5, 0.6) is 0 Å². The van der Waals surface area contributed by atoms with Gasteiger partial charge < -0.3 is 5.73 Å². The lowest BCUT2D eigenvalue weighted by molar-refractivity contribution is 0.883. The first-order valence-electron chi connectivity index (χ1n) is 4.95. The molecule has 84 valence electrons. The third-order valence-electron chi connectivity index (χ3n) is 2.37. The molecule has 3 rings (SSSR count). The second-order valence-electron chi connectivity index (χ2n) is 3.57. The largest absolute Gasteiger partial charge is 0.396 e. The van der Waals surface area contributed by atoms with Gasteiger partial charge in [0.2, 0.25) is 0 Å². The molecule has 0 unspecified atom stereocenters. The van der Waals surface area contributed by atoms with E-state index in [0.29, 0.717) is 5.69 Å². The normalized spacial score (nSPS) is 10.9. The van der Waals surface area contributed by atoms with Crippen LogP contribution >= 0.6 is 15.9 Å². The van der Waals surface area contributed by atoms with Crippen LogP contribution in [-0.4, -0.2) is 19.7 Å². The van der Waals surface area contributed by atoms with Crippen LogP contribution in [-0.2, 0) is 0 Å². The number of hydrogen-bond donors (Lipinski definition) is 1. The van der Waals surface area contributed by atoms with Crippen LogP contribution in [0.4, 0.5) is 5.69 Å². The van der Waals surface area contributed by atoms with E-state index >= 15 is 0 Å². The predicted molar refractivity (Wildman–Crippen MR) is 68.8 cm³/mol. The van der Waals surface area contributed by atoms with Crippen LogP contribution in [0, 0.1) is 0 Å². The molecule has 0 spiro atoms. The summed E-state index contributed by atoms with van der Waals surface area (Å²) >= 11 is 3.37. The van der Waals surface area contributed by atoms with E-state index in [1.165, 1.54) is 0 Å².